The fourth-order valence-electron chi connectivity index (χ4n) is 3.29. The number of amides is 1. The molecule has 1 amide bonds. The van der Waals surface area contributed by atoms with Crippen molar-refractivity contribution in [1.82, 2.24) is 15.3 Å². The molecule has 1 heterocycles. The van der Waals surface area contributed by atoms with E-state index in [2.05, 4.69) is 20.6 Å². The van der Waals surface area contributed by atoms with E-state index in [0.717, 1.165) is 5.69 Å². The lowest BCUT2D eigenvalue weighted by Crippen LogP contribution is -2.37. The van der Waals surface area contributed by atoms with Crippen LogP contribution in [-0.4, -0.2) is 29.0 Å². The van der Waals surface area contributed by atoms with Crippen LogP contribution in [0.1, 0.15) is 29.2 Å². The Balaban J connectivity index is 1.59. The molecular formula is C19H21F3N4O. The second kappa shape index (κ2) is 7.94. The molecule has 0 bridgehead atoms. The van der Waals surface area contributed by atoms with Crippen LogP contribution >= 0.6 is 0 Å². The highest BCUT2D eigenvalue weighted by Crippen LogP contribution is 2.35. The number of alkyl halides is 3. The number of benzene rings is 1. The molecule has 1 aromatic carbocycles. The number of carbonyl (C=O) groups is 1. The molecule has 2 aromatic rings. The fraction of sp³-hybridized carbons (Fsp3) is 0.421. The van der Waals surface area contributed by atoms with Gasteiger partial charge in [0, 0.05) is 36.0 Å². The van der Waals surface area contributed by atoms with Gasteiger partial charge in [0.1, 0.15) is 5.82 Å². The Kier molecular flexibility index (Phi) is 5.62. The first-order chi connectivity index (χ1) is 12.8. The Bertz CT molecular complexity index is 809. The summed E-state index contributed by atoms with van der Waals surface area (Å²) < 4.78 is 39.9. The van der Waals surface area contributed by atoms with Crippen molar-refractivity contribution in [2.45, 2.75) is 32.4 Å². The third-order valence-corrected chi connectivity index (χ3v) is 4.55. The zero-order chi connectivity index (χ0) is 19.4. The number of para-hydroxylation sites is 1. The monoisotopic (exact) mass is 378 g/mol. The Morgan fingerprint density at radius 2 is 1.93 bits per heavy atom. The van der Waals surface area contributed by atoms with Gasteiger partial charge in [0.25, 0.3) is 0 Å². The Hall–Kier alpha value is -2.64. The summed E-state index contributed by atoms with van der Waals surface area (Å²) in [6.45, 7) is 2.39. The molecule has 1 aliphatic carbocycles. The van der Waals surface area contributed by atoms with Gasteiger partial charge in [-0.1, -0.05) is 18.2 Å². The second-order valence-corrected chi connectivity index (χ2v) is 6.57. The number of fused-ring (bicyclic) bond motifs is 1. The van der Waals surface area contributed by atoms with E-state index < -0.39 is 17.8 Å². The van der Waals surface area contributed by atoms with Crippen molar-refractivity contribution in [2.75, 3.05) is 18.4 Å². The first-order valence-electron chi connectivity index (χ1n) is 8.85. The van der Waals surface area contributed by atoms with E-state index in [1.54, 1.807) is 0 Å². The summed E-state index contributed by atoms with van der Waals surface area (Å²) in [5.41, 5.74) is 0.500. The van der Waals surface area contributed by atoms with E-state index in [9.17, 15) is 18.0 Å². The van der Waals surface area contributed by atoms with Gasteiger partial charge in [-0.3, -0.25) is 4.79 Å². The molecule has 0 saturated carbocycles. The molecule has 1 aromatic heterocycles. The standard InChI is InChI=1S/C19H21F3N4O/c1-12-25-16-8-7-13(11-15(16)17(26-12)19(20,21)22)18(27)24-10-9-23-14-5-3-2-4-6-14/h2-6,13,23H,7-11H2,1H3,(H,24,27)/t13-/m1/s1. The number of hydrogen-bond acceptors (Lipinski definition) is 4. The molecule has 1 aliphatic rings. The molecule has 2 N–H and O–H groups in total. The molecule has 3 rings (SSSR count). The average molecular weight is 378 g/mol. The summed E-state index contributed by atoms with van der Waals surface area (Å²) in [5.74, 6) is -0.623. The Labute approximate surface area is 155 Å². The van der Waals surface area contributed by atoms with E-state index in [1.807, 2.05) is 30.3 Å². The number of aryl methyl sites for hydroxylation is 2. The van der Waals surface area contributed by atoms with Crippen molar-refractivity contribution in [2.24, 2.45) is 5.92 Å². The molecule has 0 fully saturated rings. The van der Waals surface area contributed by atoms with Crippen LogP contribution in [0, 0.1) is 12.8 Å². The van der Waals surface area contributed by atoms with Crippen molar-refractivity contribution >= 4 is 11.6 Å². The number of anilines is 1. The van der Waals surface area contributed by atoms with E-state index >= 15 is 0 Å². The average Bonchev–Trinajstić information content (AvgIpc) is 2.64. The predicted octanol–water partition coefficient (Wildman–Crippen LogP) is 3.14. The van der Waals surface area contributed by atoms with Crippen LogP contribution in [-0.2, 0) is 23.8 Å². The van der Waals surface area contributed by atoms with Crippen LogP contribution in [0.4, 0.5) is 18.9 Å². The lowest BCUT2D eigenvalue weighted by molar-refractivity contribution is -0.142. The van der Waals surface area contributed by atoms with Crippen molar-refractivity contribution in [3.05, 3.63) is 53.1 Å². The minimum absolute atomic E-state index is 0.0163. The summed E-state index contributed by atoms with van der Waals surface area (Å²) in [6, 6.07) is 9.56. The van der Waals surface area contributed by atoms with Crippen molar-refractivity contribution in [3.63, 3.8) is 0 Å². The molecule has 27 heavy (non-hydrogen) atoms. The first-order valence-corrected chi connectivity index (χ1v) is 8.85. The molecule has 1 atom stereocenters. The number of aromatic nitrogens is 2. The molecule has 0 saturated heterocycles. The Morgan fingerprint density at radius 3 is 2.63 bits per heavy atom. The number of rotatable bonds is 5. The van der Waals surface area contributed by atoms with Crippen LogP contribution in [0.5, 0.6) is 0 Å². The highest BCUT2D eigenvalue weighted by atomic mass is 19.4. The maximum Gasteiger partial charge on any atom is 0.433 e. The van der Waals surface area contributed by atoms with Crippen molar-refractivity contribution in [1.29, 1.82) is 0 Å². The number of nitrogens with one attached hydrogen (secondary N) is 2. The SMILES string of the molecule is Cc1nc2c(c(C(F)(F)F)n1)C[C@H](C(=O)NCCNc1ccccc1)CC2. The number of nitrogens with zero attached hydrogens (tertiary/aromatic N) is 2. The minimum atomic E-state index is -4.55. The topological polar surface area (TPSA) is 66.9 Å². The van der Waals surface area contributed by atoms with Crippen LogP contribution in [0.25, 0.3) is 0 Å². The van der Waals surface area contributed by atoms with Gasteiger partial charge in [0.05, 0.1) is 0 Å². The lowest BCUT2D eigenvalue weighted by Gasteiger charge is -2.25. The highest BCUT2D eigenvalue weighted by Gasteiger charge is 2.39. The molecule has 0 unspecified atom stereocenters. The molecule has 144 valence electrons. The first kappa shape index (κ1) is 19.1. The predicted molar refractivity (Wildman–Crippen MR) is 95.2 cm³/mol. The third-order valence-electron chi connectivity index (χ3n) is 4.55. The molecule has 0 radical (unpaired) electrons. The summed E-state index contributed by atoms with van der Waals surface area (Å²) in [6.07, 6.45) is -3.70. The van der Waals surface area contributed by atoms with Gasteiger partial charge in [-0.15, -0.1) is 0 Å². The van der Waals surface area contributed by atoms with Gasteiger partial charge in [0.15, 0.2) is 5.69 Å². The number of carbonyl (C=O) groups excluding carboxylic acids is 1. The summed E-state index contributed by atoms with van der Waals surface area (Å²) in [4.78, 5) is 20.1. The summed E-state index contributed by atoms with van der Waals surface area (Å²) >= 11 is 0. The molecule has 0 aliphatic heterocycles. The fourth-order valence-corrected chi connectivity index (χ4v) is 3.29. The summed E-state index contributed by atoms with van der Waals surface area (Å²) in [7, 11) is 0. The van der Waals surface area contributed by atoms with Gasteiger partial charge in [-0.25, -0.2) is 9.97 Å². The van der Waals surface area contributed by atoms with Crippen molar-refractivity contribution in [3.8, 4) is 0 Å². The van der Waals surface area contributed by atoms with Gasteiger partial charge < -0.3 is 10.6 Å². The largest absolute Gasteiger partial charge is 0.433 e. The van der Waals surface area contributed by atoms with Crippen LogP contribution < -0.4 is 10.6 Å². The molecule has 5 nitrogen and oxygen atoms in total. The Morgan fingerprint density at radius 1 is 1.19 bits per heavy atom. The van der Waals surface area contributed by atoms with E-state index in [1.165, 1.54) is 6.92 Å². The van der Waals surface area contributed by atoms with Gasteiger partial charge in [-0.05, 0) is 38.3 Å². The third kappa shape index (κ3) is 4.75. The summed E-state index contributed by atoms with van der Waals surface area (Å²) in [5, 5.41) is 5.97. The number of hydrogen-bond donors (Lipinski definition) is 2. The maximum atomic E-state index is 13.3. The molecular weight excluding hydrogens is 357 g/mol. The highest BCUT2D eigenvalue weighted by molar-refractivity contribution is 5.79. The van der Waals surface area contributed by atoms with Crippen LogP contribution in [0.15, 0.2) is 30.3 Å². The smallest absolute Gasteiger partial charge is 0.383 e. The lowest BCUT2D eigenvalue weighted by atomic mass is 9.85. The van der Waals surface area contributed by atoms with E-state index in [4.69, 9.17) is 0 Å². The maximum absolute atomic E-state index is 13.3. The van der Waals surface area contributed by atoms with Crippen LogP contribution in [0.2, 0.25) is 0 Å². The molecule has 0 spiro atoms. The van der Waals surface area contributed by atoms with Gasteiger partial charge in [-0.2, -0.15) is 13.2 Å². The number of halogens is 3. The van der Waals surface area contributed by atoms with Gasteiger partial charge in [0.2, 0.25) is 5.91 Å². The van der Waals surface area contributed by atoms with Crippen molar-refractivity contribution < 1.29 is 18.0 Å². The van der Waals surface area contributed by atoms with Crippen LogP contribution in [0.3, 0.4) is 0 Å². The van der Waals surface area contributed by atoms with Gasteiger partial charge >= 0.3 is 6.18 Å². The minimum Gasteiger partial charge on any atom is -0.383 e. The van der Waals surface area contributed by atoms with E-state index in [0.29, 0.717) is 31.6 Å². The quantitative estimate of drug-likeness (QED) is 0.785. The zero-order valence-electron chi connectivity index (χ0n) is 14.9. The van der Waals surface area contributed by atoms with E-state index in [-0.39, 0.29) is 23.7 Å². The molecule has 8 heteroatoms. The normalized spacial score (nSPS) is 16.5. The zero-order valence-corrected chi connectivity index (χ0v) is 14.9. The second-order valence-electron chi connectivity index (χ2n) is 6.57.